The lowest BCUT2D eigenvalue weighted by atomic mass is 10.1. The van der Waals surface area contributed by atoms with E-state index in [2.05, 4.69) is 40.8 Å². The van der Waals surface area contributed by atoms with Gasteiger partial charge in [-0.05, 0) is 37.1 Å². The van der Waals surface area contributed by atoms with Gasteiger partial charge in [0.15, 0.2) is 0 Å². The van der Waals surface area contributed by atoms with Crippen LogP contribution in [-0.4, -0.2) is 11.2 Å². The second-order valence-electron chi connectivity index (χ2n) is 3.32. The monoisotopic (exact) mass is 287 g/mol. The second-order valence-corrected chi connectivity index (χ2v) is 5.01. The van der Waals surface area contributed by atoms with Crippen LogP contribution in [-0.2, 0) is 11.2 Å². The number of carbonyl (C=O) groups excluding carboxylic acids is 1. The van der Waals surface area contributed by atoms with Crippen LogP contribution in [0.4, 0.5) is 5.69 Å². The van der Waals surface area contributed by atoms with Crippen LogP contribution in [0.25, 0.3) is 0 Å². The Morgan fingerprint density at radius 3 is 2.80 bits per heavy atom. The van der Waals surface area contributed by atoms with Crippen LogP contribution in [0.2, 0.25) is 0 Å². The molecular weight excluding hydrogens is 274 g/mol. The van der Waals surface area contributed by atoms with Gasteiger partial charge in [-0.3, -0.25) is 4.79 Å². The number of hydrogen-bond acceptors (Lipinski definition) is 2. The van der Waals surface area contributed by atoms with Crippen LogP contribution in [0.5, 0.6) is 0 Å². The van der Waals surface area contributed by atoms with Gasteiger partial charge in [0.2, 0.25) is 5.91 Å². The lowest BCUT2D eigenvalue weighted by Gasteiger charge is -2.11. The van der Waals surface area contributed by atoms with E-state index in [-0.39, 0.29) is 11.2 Å². The number of halogens is 1. The average Bonchev–Trinajstić information content (AvgIpc) is 2.20. The van der Waals surface area contributed by atoms with Gasteiger partial charge in [-0.15, -0.1) is 0 Å². The molecule has 1 aromatic rings. The number of hydrogen-bond donors (Lipinski definition) is 2. The van der Waals surface area contributed by atoms with Gasteiger partial charge in [-0.25, -0.2) is 0 Å². The minimum Gasteiger partial charge on any atom is -0.325 e. The summed E-state index contributed by atoms with van der Waals surface area (Å²) in [5, 5.41) is 2.56. The topological polar surface area (TPSA) is 29.1 Å². The quantitative estimate of drug-likeness (QED) is 0.821. The van der Waals surface area contributed by atoms with E-state index in [4.69, 9.17) is 0 Å². The Morgan fingerprint density at radius 2 is 2.27 bits per heavy atom. The first-order valence-corrected chi connectivity index (χ1v) is 6.13. The first-order chi connectivity index (χ1) is 7.04. The fraction of sp³-hybridized carbons (Fsp3) is 0.364. The van der Waals surface area contributed by atoms with Crippen LogP contribution >= 0.6 is 28.6 Å². The zero-order chi connectivity index (χ0) is 11.4. The van der Waals surface area contributed by atoms with E-state index in [0.717, 1.165) is 22.1 Å². The molecule has 0 saturated heterocycles. The van der Waals surface area contributed by atoms with Crippen molar-refractivity contribution in [3.8, 4) is 0 Å². The lowest BCUT2D eigenvalue weighted by Crippen LogP contribution is -2.21. The van der Waals surface area contributed by atoms with Crippen LogP contribution in [0.1, 0.15) is 19.4 Å². The number of amides is 1. The van der Waals surface area contributed by atoms with Crippen LogP contribution in [0.3, 0.4) is 0 Å². The van der Waals surface area contributed by atoms with E-state index in [1.807, 2.05) is 18.2 Å². The molecule has 1 atom stereocenters. The Kier molecular flexibility index (Phi) is 4.67. The second kappa shape index (κ2) is 5.56. The van der Waals surface area contributed by atoms with Crippen molar-refractivity contribution in [1.82, 2.24) is 0 Å². The third-order valence-corrected chi connectivity index (χ3v) is 2.81. The summed E-state index contributed by atoms with van der Waals surface area (Å²) in [7, 11) is 0. The smallest absolute Gasteiger partial charge is 0.236 e. The summed E-state index contributed by atoms with van der Waals surface area (Å²) >= 11 is 7.49. The first kappa shape index (κ1) is 12.6. The summed E-state index contributed by atoms with van der Waals surface area (Å²) in [6, 6.07) is 5.83. The van der Waals surface area contributed by atoms with Gasteiger partial charge in [0.25, 0.3) is 0 Å². The molecule has 1 N–H and O–H groups in total. The Labute approximate surface area is 104 Å². The van der Waals surface area contributed by atoms with E-state index in [1.165, 1.54) is 0 Å². The highest BCUT2D eigenvalue weighted by Crippen LogP contribution is 2.21. The lowest BCUT2D eigenvalue weighted by molar-refractivity contribution is -0.115. The third-order valence-electron chi connectivity index (χ3n) is 2.09. The molecular formula is C11H14BrNOS. The van der Waals surface area contributed by atoms with Gasteiger partial charge in [0.1, 0.15) is 0 Å². The number of thiol groups is 1. The van der Waals surface area contributed by atoms with Gasteiger partial charge < -0.3 is 5.32 Å². The van der Waals surface area contributed by atoms with Crippen LogP contribution in [0, 0.1) is 0 Å². The van der Waals surface area contributed by atoms with Crippen molar-refractivity contribution in [2.45, 2.75) is 25.5 Å². The molecule has 0 spiro atoms. The molecule has 0 aliphatic rings. The number of benzene rings is 1. The van der Waals surface area contributed by atoms with E-state index < -0.39 is 0 Å². The molecule has 1 amide bonds. The maximum absolute atomic E-state index is 11.5. The maximum atomic E-state index is 11.5. The molecule has 0 bridgehead atoms. The van der Waals surface area contributed by atoms with Crippen LogP contribution in [0.15, 0.2) is 22.7 Å². The number of nitrogens with one attached hydrogen (secondary N) is 1. The minimum absolute atomic E-state index is 0.0737. The Morgan fingerprint density at radius 1 is 1.60 bits per heavy atom. The number of anilines is 1. The number of rotatable bonds is 3. The largest absolute Gasteiger partial charge is 0.325 e. The molecule has 0 aliphatic carbocycles. The Hall–Kier alpha value is -0.480. The predicted octanol–water partition coefficient (Wildman–Crippen LogP) is 3.27. The number of aryl methyl sites for hydroxylation is 1. The SMILES string of the molecule is CCc1cc(Br)ccc1NC(=O)C(C)S. The fourth-order valence-corrected chi connectivity index (χ4v) is 1.69. The minimum atomic E-state index is -0.293. The molecule has 0 heterocycles. The average molecular weight is 288 g/mol. The highest BCUT2D eigenvalue weighted by Gasteiger charge is 2.10. The molecule has 0 radical (unpaired) electrons. The van der Waals surface area contributed by atoms with E-state index in [0.29, 0.717) is 0 Å². The molecule has 15 heavy (non-hydrogen) atoms. The van der Waals surface area contributed by atoms with Crippen LogP contribution < -0.4 is 5.32 Å². The van der Waals surface area contributed by atoms with E-state index in [1.54, 1.807) is 6.92 Å². The summed E-state index contributed by atoms with van der Waals surface area (Å²) in [5.41, 5.74) is 1.98. The molecule has 0 aliphatic heterocycles. The van der Waals surface area contributed by atoms with E-state index >= 15 is 0 Å². The van der Waals surface area contributed by atoms with Gasteiger partial charge in [-0.2, -0.15) is 12.6 Å². The van der Waals surface area contributed by atoms with Gasteiger partial charge in [0, 0.05) is 10.2 Å². The molecule has 0 aromatic heterocycles. The third kappa shape index (κ3) is 3.54. The van der Waals surface area contributed by atoms with E-state index in [9.17, 15) is 4.79 Å². The first-order valence-electron chi connectivity index (χ1n) is 4.82. The summed E-state index contributed by atoms with van der Waals surface area (Å²) in [6.45, 7) is 3.81. The molecule has 4 heteroatoms. The maximum Gasteiger partial charge on any atom is 0.236 e. The van der Waals surface area contributed by atoms with Crippen molar-refractivity contribution in [2.24, 2.45) is 0 Å². The zero-order valence-electron chi connectivity index (χ0n) is 8.75. The molecule has 2 nitrogen and oxygen atoms in total. The Bertz CT molecular complexity index is 366. The van der Waals surface area contributed by atoms with Crippen molar-refractivity contribution in [2.75, 3.05) is 5.32 Å². The van der Waals surface area contributed by atoms with Gasteiger partial charge in [0.05, 0.1) is 5.25 Å². The molecule has 0 fully saturated rings. The highest BCUT2D eigenvalue weighted by atomic mass is 79.9. The molecule has 82 valence electrons. The summed E-state index contributed by atoms with van der Waals surface area (Å²) in [5.74, 6) is -0.0737. The van der Waals surface area contributed by atoms with Crippen molar-refractivity contribution >= 4 is 40.2 Å². The summed E-state index contributed by atoms with van der Waals surface area (Å²) in [4.78, 5) is 11.5. The molecule has 1 rings (SSSR count). The number of carbonyl (C=O) groups is 1. The zero-order valence-corrected chi connectivity index (χ0v) is 11.2. The van der Waals surface area contributed by atoms with Gasteiger partial charge >= 0.3 is 0 Å². The highest BCUT2D eigenvalue weighted by molar-refractivity contribution is 9.10. The fourth-order valence-electron chi connectivity index (χ4n) is 1.21. The standard InChI is InChI=1S/C11H14BrNOS/c1-3-8-6-9(12)4-5-10(8)13-11(14)7(2)15/h4-7,15H,3H2,1-2H3,(H,13,14). The summed E-state index contributed by atoms with van der Waals surface area (Å²) in [6.07, 6.45) is 0.885. The normalized spacial score (nSPS) is 12.3. The van der Waals surface area contributed by atoms with Crippen molar-refractivity contribution in [1.29, 1.82) is 0 Å². The van der Waals surface area contributed by atoms with Crippen molar-refractivity contribution < 1.29 is 4.79 Å². The molecule has 1 unspecified atom stereocenters. The molecule has 0 saturated carbocycles. The Balaban J connectivity index is 2.89. The van der Waals surface area contributed by atoms with Gasteiger partial charge in [-0.1, -0.05) is 22.9 Å². The summed E-state index contributed by atoms with van der Waals surface area (Å²) < 4.78 is 1.02. The predicted molar refractivity (Wildman–Crippen MR) is 70.6 cm³/mol. The van der Waals surface area contributed by atoms with Crippen molar-refractivity contribution in [3.63, 3.8) is 0 Å². The van der Waals surface area contributed by atoms with Crippen molar-refractivity contribution in [3.05, 3.63) is 28.2 Å². The molecule has 1 aromatic carbocycles.